The average Bonchev–Trinajstić information content (AvgIpc) is 2.41. The Balaban J connectivity index is 2.40. The maximum absolute atomic E-state index is 5.93. The molecule has 0 bridgehead atoms. The summed E-state index contributed by atoms with van der Waals surface area (Å²) < 4.78 is 16.3. The van der Waals surface area contributed by atoms with Gasteiger partial charge in [-0.2, -0.15) is 0 Å². The van der Waals surface area contributed by atoms with Gasteiger partial charge in [0, 0.05) is 6.61 Å². The van der Waals surface area contributed by atoms with E-state index in [1.165, 1.54) is 0 Å². The van der Waals surface area contributed by atoms with E-state index < -0.39 is 0 Å². The molecule has 4 heteroatoms. The van der Waals surface area contributed by atoms with Crippen molar-refractivity contribution in [2.45, 2.75) is 39.2 Å². The van der Waals surface area contributed by atoms with E-state index in [0.717, 1.165) is 38.1 Å². The van der Waals surface area contributed by atoms with Crippen molar-refractivity contribution in [2.75, 3.05) is 26.5 Å². The lowest BCUT2D eigenvalue weighted by atomic mass is 10.1. The van der Waals surface area contributed by atoms with Crippen molar-refractivity contribution in [1.82, 2.24) is 5.32 Å². The smallest absolute Gasteiger partial charge is 0.188 e. The molecule has 0 aromatic carbocycles. The third-order valence-electron chi connectivity index (χ3n) is 2.66. The summed E-state index contributed by atoms with van der Waals surface area (Å²) in [6, 6.07) is 0. The largest absolute Gasteiger partial charge is 0.487 e. The second-order valence-corrected chi connectivity index (χ2v) is 4.18. The molecule has 0 aliphatic carbocycles. The summed E-state index contributed by atoms with van der Waals surface area (Å²) >= 11 is 0. The Morgan fingerprint density at radius 1 is 1.28 bits per heavy atom. The summed E-state index contributed by atoms with van der Waals surface area (Å²) in [6.45, 7) is 7.01. The summed E-state index contributed by atoms with van der Waals surface area (Å²) in [5, 5.41) is 3.32. The lowest BCUT2D eigenvalue weighted by Crippen LogP contribution is -2.32. The van der Waals surface area contributed by atoms with Crippen LogP contribution in [0.2, 0.25) is 0 Å². The van der Waals surface area contributed by atoms with Crippen molar-refractivity contribution in [3.63, 3.8) is 0 Å². The number of nitrogens with one attached hydrogen (secondary N) is 1. The van der Waals surface area contributed by atoms with Crippen LogP contribution in [0.15, 0.2) is 24.2 Å². The van der Waals surface area contributed by atoms with Gasteiger partial charge in [-0.05, 0) is 45.4 Å². The highest BCUT2D eigenvalue weighted by molar-refractivity contribution is 5.09. The molecule has 1 aliphatic rings. The second kappa shape index (κ2) is 9.97. The van der Waals surface area contributed by atoms with Gasteiger partial charge >= 0.3 is 0 Å². The Bertz CT molecular complexity index is 258. The molecular weight excluding hydrogens is 230 g/mol. The zero-order chi connectivity index (χ0) is 13.1. The van der Waals surface area contributed by atoms with E-state index in [9.17, 15) is 0 Å². The van der Waals surface area contributed by atoms with Crippen LogP contribution in [0.4, 0.5) is 0 Å². The minimum absolute atomic E-state index is 0.273. The lowest BCUT2D eigenvalue weighted by molar-refractivity contribution is -0.0116. The van der Waals surface area contributed by atoms with Crippen molar-refractivity contribution >= 4 is 0 Å². The zero-order valence-electron chi connectivity index (χ0n) is 11.5. The number of rotatable bonds is 8. The number of ether oxygens (including phenoxy) is 3. The van der Waals surface area contributed by atoms with Crippen molar-refractivity contribution in [2.24, 2.45) is 0 Å². The molecule has 1 N–H and O–H groups in total. The van der Waals surface area contributed by atoms with Crippen molar-refractivity contribution in [1.29, 1.82) is 0 Å². The van der Waals surface area contributed by atoms with E-state index in [4.69, 9.17) is 14.2 Å². The fraction of sp³-hybridized carbons (Fsp3) is 0.714. The molecule has 104 valence electrons. The highest BCUT2D eigenvalue weighted by atomic mass is 16.7. The van der Waals surface area contributed by atoms with Crippen LogP contribution in [0.5, 0.6) is 0 Å². The topological polar surface area (TPSA) is 39.7 Å². The summed E-state index contributed by atoms with van der Waals surface area (Å²) in [7, 11) is 0. The molecular formula is C14H25NO3. The number of piperidine rings is 1. The van der Waals surface area contributed by atoms with E-state index in [1.54, 1.807) is 6.26 Å². The molecule has 18 heavy (non-hydrogen) atoms. The van der Waals surface area contributed by atoms with Gasteiger partial charge in [-0.25, -0.2) is 0 Å². The minimum Gasteiger partial charge on any atom is -0.487 e. The molecule has 0 unspecified atom stereocenters. The monoisotopic (exact) mass is 255 g/mol. The quantitative estimate of drug-likeness (QED) is 0.313. The summed E-state index contributed by atoms with van der Waals surface area (Å²) in [6.07, 6.45) is 9.04. The van der Waals surface area contributed by atoms with Gasteiger partial charge in [-0.1, -0.05) is 13.0 Å². The van der Waals surface area contributed by atoms with Crippen LogP contribution in [0.1, 0.15) is 33.1 Å². The number of hydrogen-bond acceptors (Lipinski definition) is 4. The molecule has 1 saturated heterocycles. The third kappa shape index (κ3) is 6.67. The molecule has 0 aromatic rings. The molecule has 1 aliphatic heterocycles. The van der Waals surface area contributed by atoms with Crippen molar-refractivity contribution in [3.05, 3.63) is 24.2 Å². The van der Waals surface area contributed by atoms with E-state index in [1.807, 2.05) is 13.0 Å². The molecule has 0 atom stereocenters. The first-order chi connectivity index (χ1) is 8.86. The van der Waals surface area contributed by atoms with Gasteiger partial charge in [-0.3, -0.25) is 0 Å². The van der Waals surface area contributed by atoms with Crippen LogP contribution in [0.3, 0.4) is 0 Å². The van der Waals surface area contributed by atoms with E-state index in [2.05, 4.69) is 18.3 Å². The van der Waals surface area contributed by atoms with Gasteiger partial charge in [0.25, 0.3) is 0 Å². The summed E-state index contributed by atoms with van der Waals surface area (Å²) in [5.41, 5.74) is 0. The van der Waals surface area contributed by atoms with E-state index in [0.29, 0.717) is 6.61 Å². The molecule has 1 heterocycles. The summed E-state index contributed by atoms with van der Waals surface area (Å²) in [4.78, 5) is 0. The highest BCUT2D eigenvalue weighted by Crippen LogP contribution is 2.13. The molecule has 0 saturated carbocycles. The van der Waals surface area contributed by atoms with Gasteiger partial charge in [0.2, 0.25) is 0 Å². The van der Waals surface area contributed by atoms with Crippen LogP contribution in [-0.2, 0) is 14.2 Å². The van der Waals surface area contributed by atoms with Gasteiger partial charge < -0.3 is 19.5 Å². The fourth-order valence-corrected chi connectivity index (χ4v) is 1.69. The van der Waals surface area contributed by atoms with Crippen molar-refractivity contribution < 1.29 is 14.2 Å². The number of allylic oxidation sites excluding steroid dienone is 2. The normalized spacial score (nSPS) is 18.2. The second-order valence-electron chi connectivity index (χ2n) is 4.18. The maximum atomic E-state index is 5.93. The Hall–Kier alpha value is -1.00. The van der Waals surface area contributed by atoms with E-state index >= 15 is 0 Å². The molecule has 1 rings (SSSR count). The predicted molar refractivity (Wildman–Crippen MR) is 72.1 cm³/mol. The Labute approximate surface area is 110 Å². The van der Waals surface area contributed by atoms with E-state index in [-0.39, 0.29) is 12.9 Å². The van der Waals surface area contributed by atoms with Crippen LogP contribution in [0.25, 0.3) is 0 Å². The summed E-state index contributed by atoms with van der Waals surface area (Å²) in [5.74, 6) is 0.781. The Kier molecular flexibility index (Phi) is 8.34. The zero-order valence-corrected chi connectivity index (χ0v) is 11.5. The molecule has 0 radical (unpaired) electrons. The first-order valence-electron chi connectivity index (χ1n) is 6.80. The first kappa shape index (κ1) is 15.1. The number of hydrogen-bond donors (Lipinski definition) is 1. The first-order valence-corrected chi connectivity index (χ1v) is 6.80. The van der Waals surface area contributed by atoms with Crippen LogP contribution >= 0.6 is 0 Å². The average molecular weight is 255 g/mol. The fourth-order valence-electron chi connectivity index (χ4n) is 1.69. The molecule has 0 aromatic heterocycles. The van der Waals surface area contributed by atoms with Gasteiger partial charge in [0.15, 0.2) is 12.6 Å². The Morgan fingerprint density at radius 3 is 2.72 bits per heavy atom. The third-order valence-corrected chi connectivity index (χ3v) is 2.66. The van der Waals surface area contributed by atoms with Gasteiger partial charge in [0.1, 0.15) is 12.4 Å². The van der Waals surface area contributed by atoms with Crippen LogP contribution in [-0.4, -0.2) is 32.6 Å². The maximum Gasteiger partial charge on any atom is 0.188 e. The molecule has 1 fully saturated rings. The van der Waals surface area contributed by atoms with Gasteiger partial charge in [0.05, 0.1) is 0 Å². The molecule has 0 amide bonds. The standard InChI is InChI=1S/C14H25NO3/c1-3-5-6-14(11-17-12-16-4-2)18-13-7-9-15-10-8-13/h5-6,11,13,15H,3-4,7-10,12H2,1-2H3/b6-5-,14-11+. The van der Waals surface area contributed by atoms with Crippen molar-refractivity contribution in [3.8, 4) is 0 Å². The molecule has 4 nitrogen and oxygen atoms in total. The SMILES string of the molecule is CC/C=C\C(=C/OCOCC)OC1CCNCC1. The Morgan fingerprint density at radius 2 is 2.06 bits per heavy atom. The van der Waals surface area contributed by atoms with Crippen LogP contribution < -0.4 is 5.32 Å². The highest BCUT2D eigenvalue weighted by Gasteiger charge is 2.14. The van der Waals surface area contributed by atoms with Crippen LogP contribution in [0, 0.1) is 0 Å². The molecule has 0 spiro atoms. The lowest BCUT2D eigenvalue weighted by Gasteiger charge is -2.24. The predicted octanol–water partition coefficient (Wildman–Crippen LogP) is 2.57. The van der Waals surface area contributed by atoms with Gasteiger partial charge in [-0.15, -0.1) is 0 Å². The minimum atomic E-state index is 0.273.